The van der Waals surface area contributed by atoms with Gasteiger partial charge in [-0.2, -0.15) is 5.10 Å². The molecule has 0 bridgehead atoms. The number of rotatable bonds is 6. The highest BCUT2D eigenvalue weighted by Gasteiger charge is 2.33. The molecule has 19 heavy (non-hydrogen) atoms. The normalized spacial score (nSPS) is 12.3. The lowest BCUT2D eigenvalue weighted by Crippen LogP contribution is -2.45. The summed E-state index contributed by atoms with van der Waals surface area (Å²) in [5.74, 6) is -0.331. The van der Waals surface area contributed by atoms with Crippen molar-refractivity contribution in [1.82, 2.24) is 9.78 Å². The molecule has 1 radical (unpaired) electrons. The first-order chi connectivity index (χ1) is 8.65. The summed E-state index contributed by atoms with van der Waals surface area (Å²) >= 11 is 0. The second-order valence-corrected chi connectivity index (χ2v) is 6.96. The molecule has 0 saturated heterocycles. The summed E-state index contributed by atoms with van der Waals surface area (Å²) in [6.07, 6.45) is 3.39. The van der Waals surface area contributed by atoms with Crippen LogP contribution in [0.5, 0.6) is 0 Å². The van der Waals surface area contributed by atoms with Gasteiger partial charge in [0.15, 0.2) is 0 Å². The first kappa shape index (κ1) is 16.2. The third-order valence-corrected chi connectivity index (χ3v) is 3.91. The molecule has 1 rings (SSSR count). The predicted molar refractivity (Wildman–Crippen MR) is 78.6 cm³/mol. The van der Waals surface area contributed by atoms with E-state index in [9.17, 15) is 4.79 Å². The van der Waals surface area contributed by atoms with Gasteiger partial charge in [-0.3, -0.25) is 9.48 Å². The van der Waals surface area contributed by atoms with Crippen LogP contribution in [0.15, 0.2) is 12.4 Å². The minimum absolute atomic E-state index is 0.0640. The monoisotopic (exact) mass is 283 g/mol. The summed E-state index contributed by atoms with van der Waals surface area (Å²) in [4.78, 5) is 11.1. The van der Waals surface area contributed by atoms with Gasteiger partial charge in [-0.1, -0.05) is 13.8 Å². The van der Waals surface area contributed by atoms with Gasteiger partial charge in [-0.05, 0) is 19.3 Å². The van der Waals surface area contributed by atoms with Crippen molar-refractivity contribution in [3.8, 4) is 0 Å². The second kappa shape index (κ2) is 6.06. The molecule has 1 aromatic rings. The van der Waals surface area contributed by atoms with Crippen LogP contribution in [-0.2, 0) is 20.7 Å². The summed E-state index contributed by atoms with van der Waals surface area (Å²) in [6, 6.07) is 0. The Labute approximate surface area is 117 Å². The predicted octanol–water partition coefficient (Wildman–Crippen LogP) is 0.749. The van der Waals surface area contributed by atoms with E-state index in [1.165, 1.54) is 11.8 Å². The van der Waals surface area contributed by atoms with E-state index in [4.69, 9.17) is 4.65 Å². The Bertz CT molecular complexity index is 440. The van der Waals surface area contributed by atoms with Crippen molar-refractivity contribution >= 4 is 28.2 Å². The minimum atomic E-state index is -0.331. The maximum Gasteiger partial charge on any atom is 0.334 e. The molecular weight excluding hydrogens is 262 g/mol. The highest BCUT2D eigenvalue weighted by atomic mass is 31.0. The van der Waals surface area contributed by atoms with Gasteiger partial charge in [0.25, 0.3) is 0 Å². The zero-order chi connectivity index (χ0) is 14.7. The molecule has 0 spiro atoms. The number of carbonyl (C=O) groups excluding carboxylic acids is 1. The number of esters is 1. The molecular formula is C12H21BN2O3P. The Balaban J connectivity index is 2.58. The van der Waals surface area contributed by atoms with Gasteiger partial charge in [-0.25, -0.2) is 0 Å². The summed E-state index contributed by atoms with van der Waals surface area (Å²) in [6.45, 7) is 8.33. The van der Waals surface area contributed by atoms with E-state index in [0.29, 0.717) is 0 Å². The van der Waals surface area contributed by atoms with Crippen LogP contribution in [0, 0.1) is 0 Å². The quantitative estimate of drug-likeness (QED) is 0.439. The van der Waals surface area contributed by atoms with E-state index < -0.39 is 0 Å². The van der Waals surface area contributed by atoms with E-state index in [-0.39, 0.29) is 23.3 Å². The summed E-state index contributed by atoms with van der Waals surface area (Å²) < 4.78 is 11.9. The van der Waals surface area contributed by atoms with E-state index in [0.717, 1.165) is 5.46 Å². The van der Waals surface area contributed by atoms with Gasteiger partial charge in [0, 0.05) is 17.5 Å². The molecule has 0 aliphatic carbocycles. The molecule has 0 fully saturated rings. The van der Waals surface area contributed by atoms with Gasteiger partial charge >= 0.3 is 13.5 Å². The van der Waals surface area contributed by atoms with Crippen molar-refractivity contribution in [1.29, 1.82) is 0 Å². The fourth-order valence-corrected chi connectivity index (χ4v) is 1.16. The summed E-state index contributed by atoms with van der Waals surface area (Å²) in [7, 11) is 5.79. The standard InChI is InChI=1S/C12H21BN2O3P/c1-11(2,12(3,4)19)18-13-9-6-14-15(7-9)8-10(16)17-5/h6-7H,8,19H2,1-5H3. The zero-order valence-corrected chi connectivity index (χ0v) is 13.3. The number of carbonyl (C=O) groups is 1. The molecule has 0 aliphatic rings. The highest BCUT2D eigenvalue weighted by Crippen LogP contribution is 2.32. The molecule has 0 saturated carbocycles. The Kier molecular flexibility index (Phi) is 5.16. The van der Waals surface area contributed by atoms with Crippen molar-refractivity contribution in [2.45, 2.75) is 45.0 Å². The largest absolute Gasteiger partial charge is 0.468 e. The molecule has 1 atom stereocenters. The molecule has 5 nitrogen and oxygen atoms in total. The number of hydrogen-bond acceptors (Lipinski definition) is 4. The number of nitrogens with zero attached hydrogens (tertiary/aromatic N) is 2. The van der Waals surface area contributed by atoms with Crippen LogP contribution in [0.1, 0.15) is 27.7 Å². The average Bonchev–Trinajstić information content (AvgIpc) is 2.72. The molecule has 1 unspecified atom stereocenters. The van der Waals surface area contributed by atoms with E-state index in [2.05, 4.69) is 32.9 Å². The molecule has 0 aromatic carbocycles. The number of methoxy groups -OCH3 is 1. The van der Waals surface area contributed by atoms with Crippen LogP contribution in [0.3, 0.4) is 0 Å². The highest BCUT2D eigenvalue weighted by molar-refractivity contribution is 7.19. The molecule has 0 amide bonds. The smallest absolute Gasteiger partial charge is 0.334 e. The van der Waals surface area contributed by atoms with Crippen molar-refractivity contribution in [3.63, 3.8) is 0 Å². The third-order valence-electron chi connectivity index (χ3n) is 3.21. The second-order valence-electron chi connectivity index (χ2n) is 5.52. The van der Waals surface area contributed by atoms with E-state index in [1.54, 1.807) is 19.9 Å². The minimum Gasteiger partial charge on any atom is -0.468 e. The topological polar surface area (TPSA) is 53.4 Å². The van der Waals surface area contributed by atoms with Crippen LogP contribution in [0.2, 0.25) is 0 Å². The van der Waals surface area contributed by atoms with E-state index >= 15 is 0 Å². The van der Waals surface area contributed by atoms with Crippen molar-refractivity contribution in [2.75, 3.05) is 7.11 Å². The van der Waals surface area contributed by atoms with Crippen LogP contribution in [-0.4, -0.2) is 41.1 Å². The lowest BCUT2D eigenvalue weighted by atomic mass is 9.86. The van der Waals surface area contributed by atoms with Gasteiger partial charge < -0.3 is 9.39 Å². The number of ether oxygens (including phenoxy) is 1. The maximum absolute atomic E-state index is 11.1. The molecule has 0 aliphatic heterocycles. The Morgan fingerprint density at radius 3 is 2.63 bits per heavy atom. The van der Waals surface area contributed by atoms with Gasteiger partial charge in [0.2, 0.25) is 0 Å². The average molecular weight is 283 g/mol. The fraction of sp³-hybridized carbons (Fsp3) is 0.667. The Morgan fingerprint density at radius 1 is 1.47 bits per heavy atom. The van der Waals surface area contributed by atoms with Crippen molar-refractivity contribution in [2.24, 2.45) is 0 Å². The molecule has 0 N–H and O–H groups in total. The molecule has 105 valence electrons. The van der Waals surface area contributed by atoms with Crippen LogP contribution >= 0.6 is 9.24 Å². The molecule has 1 aromatic heterocycles. The SMILES string of the molecule is COC(=O)Cn1cc([B]OC(C)(C)C(C)(C)P)cn1. The number of aromatic nitrogens is 2. The van der Waals surface area contributed by atoms with Crippen LogP contribution in [0.4, 0.5) is 0 Å². The van der Waals surface area contributed by atoms with E-state index in [1.807, 2.05) is 13.8 Å². The third kappa shape index (κ3) is 4.62. The van der Waals surface area contributed by atoms with Crippen LogP contribution < -0.4 is 5.46 Å². The lowest BCUT2D eigenvalue weighted by Gasteiger charge is -2.38. The number of hydrogen-bond donors (Lipinski definition) is 0. The van der Waals surface area contributed by atoms with Crippen molar-refractivity contribution in [3.05, 3.63) is 12.4 Å². The summed E-state index contributed by atoms with van der Waals surface area (Å²) in [5, 5.41) is 4.00. The first-order valence-electron chi connectivity index (χ1n) is 6.05. The van der Waals surface area contributed by atoms with Crippen molar-refractivity contribution < 1.29 is 14.2 Å². The Hall–Kier alpha value is -0.865. The first-order valence-corrected chi connectivity index (χ1v) is 6.62. The molecule has 7 heteroatoms. The fourth-order valence-electron chi connectivity index (χ4n) is 1.09. The van der Waals surface area contributed by atoms with Crippen LogP contribution in [0.25, 0.3) is 0 Å². The Morgan fingerprint density at radius 2 is 2.11 bits per heavy atom. The van der Waals surface area contributed by atoms with Gasteiger partial charge in [-0.15, -0.1) is 9.24 Å². The van der Waals surface area contributed by atoms with Gasteiger partial charge in [0.1, 0.15) is 6.54 Å². The summed E-state index contributed by atoms with van der Waals surface area (Å²) in [5.41, 5.74) is 0.480. The van der Waals surface area contributed by atoms with Gasteiger partial charge in [0.05, 0.1) is 12.7 Å². The lowest BCUT2D eigenvalue weighted by molar-refractivity contribution is -0.141. The maximum atomic E-state index is 11.1. The zero-order valence-electron chi connectivity index (χ0n) is 12.1. The molecule has 1 heterocycles.